The van der Waals surface area contributed by atoms with Gasteiger partial charge in [0.05, 0.1) is 10.4 Å². The molecule has 0 spiro atoms. The number of ether oxygens (including phenoxy) is 1. The van der Waals surface area contributed by atoms with Gasteiger partial charge in [-0.2, -0.15) is 0 Å². The molecular formula is C13H9ClFN3OS. The summed E-state index contributed by atoms with van der Waals surface area (Å²) >= 11 is 7.16. The van der Waals surface area contributed by atoms with Crippen molar-refractivity contribution >= 4 is 39.0 Å². The average Bonchev–Trinajstić information content (AvgIpc) is 2.89. The number of rotatable bonds is 3. The van der Waals surface area contributed by atoms with E-state index < -0.39 is 5.82 Å². The number of nitrogens with two attached hydrogens (primary N) is 1. The van der Waals surface area contributed by atoms with Crippen LogP contribution in [0.1, 0.15) is 5.82 Å². The Bertz CT molecular complexity index is 777. The van der Waals surface area contributed by atoms with Gasteiger partial charge >= 0.3 is 0 Å². The lowest BCUT2D eigenvalue weighted by Crippen LogP contribution is -2.04. The van der Waals surface area contributed by atoms with E-state index in [0.29, 0.717) is 17.4 Å². The summed E-state index contributed by atoms with van der Waals surface area (Å²) in [7, 11) is 0. The summed E-state index contributed by atoms with van der Waals surface area (Å²) in [5.41, 5.74) is 5.84. The van der Waals surface area contributed by atoms with E-state index in [1.165, 1.54) is 29.5 Å². The molecular weight excluding hydrogens is 301 g/mol. The van der Waals surface area contributed by atoms with Crippen molar-refractivity contribution in [3.8, 4) is 5.75 Å². The molecule has 1 aromatic carbocycles. The number of hydrogen-bond acceptors (Lipinski definition) is 5. The van der Waals surface area contributed by atoms with E-state index in [9.17, 15) is 4.39 Å². The molecule has 2 N–H and O–H groups in total. The van der Waals surface area contributed by atoms with Crippen LogP contribution < -0.4 is 10.5 Å². The van der Waals surface area contributed by atoms with Gasteiger partial charge in [0.2, 0.25) is 0 Å². The van der Waals surface area contributed by atoms with Crippen molar-refractivity contribution in [1.82, 2.24) is 9.97 Å². The number of benzene rings is 1. The molecule has 0 aliphatic rings. The van der Waals surface area contributed by atoms with Crippen molar-refractivity contribution in [1.29, 1.82) is 0 Å². The molecule has 20 heavy (non-hydrogen) atoms. The number of nitrogens with zero attached hydrogens (tertiary/aromatic N) is 2. The maximum Gasteiger partial charge on any atom is 0.169 e. The number of aromatic nitrogens is 2. The number of nitrogen functional groups attached to an aromatic ring is 1. The first-order valence-electron chi connectivity index (χ1n) is 5.71. The second kappa shape index (κ2) is 5.22. The summed E-state index contributed by atoms with van der Waals surface area (Å²) in [6.45, 7) is 0.139. The van der Waals surface area contributed by atoms with Crippen LogP contribution in [0, 0.1) is 5.82 Å². The Balaban J connectivity index is 1.80. The number of hydrogen-bond donors (Lipinski definition) is 1. The maximum absolute atomic E-state index is 13.0. The molecule has 0 atom stereocenters. The van der Waals surface area contributed by atoms with Crippen LogP contribution in [0.4, 0.5) is 10.2 Å². The van der Waals surface area contributed by atoms with Gasteiger partial charge in [-0.15, -0.1) is 11.3 Å². The Morgan fingerprint density at radius 3 is 2.95 bits per heavy atom. The summed E-state index contributed by atoms with van der Waals surface area (Å²) in [4.78, 5) is 9.33. The van der Waals surface area contributed by atoms with Crippen LogP contribution in [0.3, 0.4) is 0 Å². The fraction of sp³-hybridized carbons (Fsp3) is 0.0769. The van der Waals surface area contributed by atoms with Crippen molar-refractivity contribution in [2.24, 2.45) is 0 Å². The van der Waals surface area contributed by atoms with Crippen molar-refractivity contribution in [2.45, 2.75) is 6.61 Å². The lowest BCUT2D eigenvalue weighted by Gasteiger charge is -2.06. The number of thiophene rings is 1. The highest BCUT2D eigenvalue weighted by molar-refractivity contribution is 7.16. The highest BCUT2D eigenvalue weighted by atomic mass is 35.5. The smallest absolute Gasteiger partial charge is 0.169 e. The lowest BCUT2D eigenvalue weighted by molar-refractivity contribution is 0.296. The quantitative estimate of drug-likeness (QED) is 0.802. The van der Waals surface area contributed by atoms with E-state index in [0.717, 1.165) is 10.2 Å². The van der Waals surface area contributed by atoms with Gasteiger partial charge in [-0.25, -0.2) is 14.4 Å². The molecule has 2 aromatic heterocycles. The van der Waals surface area contributed by atoms with Gasteiger partial charge in [-0.1, -0.05) is 11.6 Å². The Kier molecular flexibility index (Phi) is 3.42. The minimum absolute atomic E-state index is 0.0108. The molecule has 7 heteroatoms. The van der Waals surface area contributed by atoms with Gasteiger partial charge in [0.1, 0.15) is 28.8 Å². The minimum atomic E-state index is -0.487. The second-order valence-corrected chi connectivity index (χ2v) is 5.33. The molecule has 102 valence electrons. The Morgan fingerprint density at radius 2 is 2.15 bits per heavy atom. The molecule has 3 aromatic rings. The molecule has 0 bridgehead atoms. The van der Waals surface area contributed by atoms with Crippen LogP contribution in [0.15, 0.2) is 29.6 Å². The van der Waals surface area contributed by atoms with E-state index >= 15 is 0 Å². The van der Waals surface area contributed by atoms with E-state index in [4.69, 9.17) is 22.1 Å². The molecule has 0 radical (unpaired) electrons. The van der Waals surface area contributed by atoms with Gasteiger partial charge in [-0.3, -0.25) is 0 Å². The molecule has 4 nitrogen and oxygen atoms in total. The fourth-order valence-corrected chi connectivity index (χ4v) is 2.66. The predicted octanol–water partition coefficient (Wildman–Crippen LogP) is 3.65. The van der Waals surface area contributed by atoms with Gasteiger partial charge < -0.3 is 10.5 Å². The topological polar surface area (TPSA) is 61.0 Å². The molecule has 0 aliphatic heterocycles. The zero-order valence-electron chi connectivity index (χ0n) is 10.1. The summed E-state index contributed by atoms with van der Waals surface area (Å²) in [6, 6.07) is 6.02. The van der Waals surface area contributed by atoms with Crippen LogP contribution >= 0.6 is 22.9 Å². The monoisotopic (exact) mass is 309 g/mol. The van der Waals surface area contributed by atoms with E-state index in [1.54, 1.807) is 0 Å². The minimum Gasteiger partial charge on any atom is -0.486 e. The van der Waals surface area contributed by atoms with Crippen LogP contribution in [0.5, 0.6) is 5.75 Å². The normalized spacial score (nSPS) is 10.9. The average molecular weight is 310 g/mol. The first kappa shape index (κ1) is 13.1. The van der Waals surface area contributed by atoms with Gasteiger partial charge in [0.25, 0.3) is 0 Å². The van der Waals surface area contributed by atoms with Crippen molar-refractivity contribution in [2.75, 3.05) is 5.73 Å². The zero-order valence-corrected chi connectivity index (χ0v) is 11.7. The molecule has 0 unspecified atom stereocenters. The Hall–Kier alpha value is -1.92. The van der Waals surface area contributed by atoms with Gasteiger partial charge in [0.15, 0.2) is 5.82 Å². The summed E-state index contributed by atoms with van der Waals surface area (Å²) in [6.07, 6.45) is 0. The van der Waals surface area contributed by atoms with Gasteiger partial charge in [0, 0.05) is 6.07 Å². The molecule has 0 saturated heterocycles. The standard InChI is InChI=1S/C13H9ClFN3OS/c14-9-5-7(1-2-10(9)15)19-6-11-17-12(16)8-3-4-20-13(8)18-11/h1-5H,6H2,(H2,16,17,18). The van der Waals surface area contributed by atoms with E-state index in [1.807, 2.05) is 11.4 Å². The molecule has 2 heterocycles. The third kappa shape index (κ3) is 2.52. The largest absolute Gasteiger partial charge is 0.486 e. The van der Waals surface area contributed by atoms with E-state index in [-0.39, 0.29) is 11.6 Å². The molecule has 3 rings (SSSR count). The molecule has 0 saturated carbocycles. The third-order valence-electron chi connectivity index (χ3n) is 2.66. The Morgan fingerprint density at radius 1 is 1.30 bits per heavy atom. The SMILES string of the molecule is Nc1nc(COc2ccc(F)c(Cl)c2)nc2sccc12. The van der Waals surface area contributed by atoms with Crippen LogP contribution in [0.2, 0.25) is 5.02 Å². The number of halogens is 2. The lowest BCUT2D eigenvalue weighted by atomic mass is 10.3. The summed E-state index contributed by atoms with van der Waals surface area (Å²) in [5, 5.41) is 2.75. The third-order valence-corrected chi connectivity index (χ3v) is 3.76. The number of anilines is 1. The molecule has 0 fully saturated rings. The van der Waals surface area contributed by atoms with Gasteiger partial charge in [-0.05, 0) is 23.6 Å². The number of fused-ring (bicyclic) bond motifs is 1. The zero-order chi connectivity index (χ0) is 14.1. The molecule has 0 aliphatic carbocycles. The highest BCUT2D eigenvalue weighted by Gasteiger charge is 2.08. The van der Waals surface area contributed by atoms with Crippen molar-refractivity contribution in [3.63, 3.8) is 0 Å². The Labute approximate surface area is 123 Å². The summed E-state index contributed by atoms with van der Waals surface area (Å²) < 4.78 is 18.5. The van der Waals surface area contributed by atoms with Crippen LogP contribution in [-0.2, 0) is 6.61 Å². The maximum atomic E-state index is 13.0. The fourth-order valence-electron chi connectivity index (χ4n) is 1.70. The van der Waals surface area contributed by atoms with Crippen molar-refractivity contribution in [3.05, 3.63) is 46.3 Å². The summed E-state index contributed by atoms with van der Waals surface area (Å²) in [5.74, 6) is 0.856. The van der Waals surface area contributed by atoms with Crippen molar-refractivity contribution < 1.29 is 9.13 Å². The van der Waals surface area contributed by atoms with E-state index in [2.05, 4.69) is 9.97 Å². The predicted molar refractivity (Wildman–Crippen MR) is 77.6 cm³/mol. The van der Waals surface area contributed by atoms with Crippen LogP contribution in [-0.4, -0.2) is 9.97 Å². The first-order chi connectivity index (χ1) is 9.63. The molecule has 0 amide bonds. The first-order valence-corrected chi connectivity index (χ1v) is 6.96. The highest BCUT2D eigenvalue weighted by Crippen LogP contribution is 2.24. The van der Waals surface area contributed by atoms with Crippen LogP contribution in [0.25, 0.3) is 10.2 Å². The second-order valence-electron chi connectivity index (χ2n) is 4.03.